The van der Waals surface area contributed by atoms with Gasteiger partial charge in [-0.3, -0.25) is 0 Å². The zero-order valence-electron chi connectivity index (χ0n) is 9.46. The molecule has 0 amide bonds. The van der Waals surface area contributed by atoms with Crippen LogP contribution >= 0.6 is 0 Å². The van der Waals surface area contributed by atoms with Crippen molar-refractivity contribution in [1.82, 2.24) is 19.7 Å². The number of nitriles is 2. The normalized spacial score (nSPS) is 12.8. The van der Waals surface area contributed by atoms with Crippen LogP contribution in [0.25, 0.3) is 5.82 Å². The van der Waals surface area contributed by atoms with E-state index in [2.05, 4.69) is 21.1 Å². The molecule has 0 unspecified atom stereocenters. The molecule has 1 aliphatic rings. The van der Waals surface area contributed by atoms with E-state index in [-0.39, 0.29) is 5.82 Å². The van der Waals surface area contributed by atoms with Gasteiger partial charge in [0.05, 0.1) is 5.56 Å². The molecule has 2 aromatic rings. The molecule has 3 rings (SSSR count). The average Bonchev–Trinajstić information content (AvgIpc) is 3.05. The van der Waals surface area contributed by atoms with E-state index in [9.17, 15) is 0 Å². The highest BCUT2D eigenvalue weighted by Crippen LogP contribution is 2.23. The van der Waals surface area contributed by atoms with Crippen LogP contribution in [0.3, 0.4) is 0 Å². The molecule has 0 fully saturated rings. The lowest BCUT2D eigenvalue weighted by molar-refractivity contribution is 0.822. The molecule has 0 N–H and O–H groups in total. The summed E-state index contributed by atoms with van der Waals surface area (Å²) in [6.45, 7) is 0. The molecule has 0 radical (unpaired) electrons. The Balaban J connectivity index is 2.17. The molecule has 0 saturated heterocycles. The predicted molar refractivity (Wildman–Crippen MR) is 60.6 cm³/mol. The number of aryl methyl sites for hydroxylation is 2. The highest BCUT2D eigenvalue weighted by Gasteiger charge is 2.18. The molecule has 18 heavy (non-hydrogen) atoms. The number of fused-ring (bicyclic) bond motifs is 1. The standard InChI is InChI=1S/C12H8N6/c13-5-9-4-8-2-1-3-10(8)16-12(9)18-7-15-11(6-14)17-18/h4,7H,1-3H2. The van der Waals surface area contributed by atoms with Gasteiger partial charge in [0.25, 0.3) is 5.82 Å². The molecule has 0 atom stereocenters. The molecule has 0 aromatic carbocycles. The first-order valence-corrected chi connectivity index (χ1v) is 5.57. The fourth-order valence-electron chi connectivity index (χ4n) is 2.13. The average molecular weight is 236 g/mol. The predicted octanol–water partition coefficient (Wildman–Crippen LogP) is 0.894. The third kappa shape index (κ3) is 1.52. The highest BCUT2D eigenvalue weighted by atomic mass is 15.4. The summed E-state index contributed by atoms with van der Waals surface area (Å²) < 4.78 is 1.38. The van der Waals surface area contributed by atoms with E-state index < -0.39 is 0 Å². The van der Waals surface area contributed by atoms with Crippen molar-refractivity contribution in [3.05, 3.63) is 35.0 Å². The zero-order valence-corrected chi connectivity index (χ0v) is 9.46. The van der Waals surface area contributed by atoms with E-state index in [4.69, 9.17) is 10.5 Å². The van der Waals surface area contributed by atoms with Gasteiger partial charge >= 0.3 is 0 Å². The van der Waals surface area contributed by atoms with Crippen molar-refractivity contribution in [2.24, 2.45) is 0 Å². The smallest absolute Gasteiger partial charge is 0.232 e. The molecular weight excluding hydrogens is 228 g/mol. The Bertz CT molecular complexity index is 700. The fourth-order valence-corrected chi connectivity index (χ4v) is 2.13. The molecule has 0 aliphatic heterocycles. The summed E-state index contributed by atoms with van der Waals surface area (Å²) in [6, 6.07) is 5.83. The number of hydrogen-bond acceptors (Lipinski definition) is 5. The summed E-state index contributed by atoms with van der Waals surface area (Å²) >= 11 is 0. The maximum atomic E-state index is 9.16. The Morgan fingerprint density at radius 2 is 2.11 bits per heavy atom. The quantitative estimate of drug-likeness (QED) is 0.733. The van der Waals surface area contributed by atoms with Gasteiger partial charge in [0.1, 0.15) is 18.5 Å². The third-order valence-corrected chi connectivity index (χ3v) is 2.96. The minimum absolute atomic E-state index is 0.0705. The summed E-state index contributed by atoms with van der Waals surface area (Å²) in [6.07, 6.45) is 4.37. The lowest BCUT2D eigenvalue weighted by Gasteiger charge is -2.05. The van der Waals surface area contributed by atoms with Crippen LogP contribution in [0.2, 0.25) is 0 Å². The minimum atomic E-state index is 0.0705. The maximum Gasteiger partial charge on any atom is 0.252 e. The number of nitrogens with zero attached hydrogens (tertiary/aromatic N) is 6. The van der Waals surface area contributed by atoms with Gasteiger partial charge in [-0.1, -0.05) is 0 Å². The van der Waals surface area contributed by atoms with E-state index in [1.54, 1.807) is 0 Å². The van der Waals surface area contributed by atoms with Crippen molar-refractivity contribution >= 4 is 0 Å². The van der Waals surface area contributed by atoms with Crippen LogP contribution in [0.4, 0.5) is 0 Å². The number of pyridine rings is 1. The maximum absolute atomic E-state index is 9.16. The number of aromatic nitrogens is 4. The number of rotatable bonds is 1. The second-order valence-electron chi connectivity index (χ2n) is 4.06. The monoisotopic (exact) mass is 236 g/mol. The molecule has 1 aliphatic carbocycles. The molecule has 6 nitrogen and oxygen atoms in total. The van der Waals surface area contributed by atoms with Crippen LogP contribution in [0, 0.1) is 22.7 Å². The van der Waals surface area contributed by atoms with Crippen LogP contribution in [0.15, 0.2) is 12.4 Å². The Kier molecular flexibility index (Phi) is 2.28. The molecule has 2 aromatic heterocycles. The van der Waals surface area contributed by atoms with Crippen molar-refractivity contribution in [3.8, 4) is 18.0 Å². The molecule has 0 saturated carbocycles. The summed E-state index contributed by atoms with van der Waals surface area (Å²) in [5.41, 5.74) is 2.61. The van der Waals surface area contributed by atoms with E-state index >= 15 is 0 Å². The van der Waals surface area contributed by atoms with Crippen LogP contribution in [0.1, 0.15) is 29.1 Å². The largest absolute Gasteiger partial charge is 0.252 e. The highest BCUT2D eigenvalue weighted by molar-refractivity contribution is 5.47. The number of hydrogen-bond donors (Lipinski definition) is 0. The van der Waals surface area contributed by atoms with Crippen molar-refractivity contribution in [3.63, 3.8) is 0 Å². The second-order valence-corrected chi connectivity index (χ2v) is 4.06. The van der Waals surface area contributed by atoms with Gasteiger partial charge in [0, 0.05) is 5.69 Å². The molecule has 2 heterocycles. The first kappa shape index (κ1) is 10.4. The second kappa shape index (κ2) is 3.94. The molecule has 6 heteroatoms. The van der Waals surface area contributed by atoms with Crippen molar-refractivity contribution in [2.45, 2.75) is 19.3 Å². The van der Waals surface area contributed by atoms with Gasteiger partial charge in [-0.05, 0) is 30.9 Å². The molecular formula is C12H8N6. The summed E-state index contributed by atoms with van der Waals surface area (Å²) in [7, 11) is 0. The first-order chi connectivity index (χ1) is 8.81. The zero-order chi connectivity index (χ0) is 12.5. The Morgan fingerprint density at radius 1 is 1.22 bits per heavy atom. The fraction of sp³-hybridized carbons (Fsp3) is 0.250. The van der Waals surface area contributed by atoms with Crippen molar-refractivity contribution in [2.75, 3.05) is 0 Å². The van der Waals surface area contributed by atoms with Gasteiger partial charge in [-0.15, -0.1) is 5.10 Å². The van der Waals surface area contributed by atoms with Gasteiger partial charge in [0.15, 0.2) is 5.82 Å². The summed E-state index contributed by atoms with van der Waals surface area (Å²) in [4.78, 5) is 8.29. The van der Waals surface area contributed by atoms with Crippen LogP contribution in [-0.4, -0.2) is 19.7 Å². The Labute approximate surface area is 103 Å². The SMILES string of the molecule is N#Cc1ncn(-c2nc3c(cc2C#N)CCC3)n1. The van der Waals surface area contributed by atoms with Crippen molar-refractivity contribution < 1.29 is 0 Å². The molecule has 0 spiro atoms. The van der Waals surface area contributed by atoms with Gasteiger partial charge in [-0.2, -0.15) is 15.2 Å². The van der Waals surface area contributed by atoms with Gasteiger partial charge in [-0.25, -0.2) is 9.97 Å². The van der Waals surface area contributed by atoms with Gasteiger partial charge < -0.3 is 0 Å². The van der Waals surface area contributed by atoms with Crippen LogP contribution in [-0.2, 0) is 12.8 Å². The lowest BCUT2D eigenvalue weighted by Crippen LogP contribution is -2.05. The van der Waals surface area contributed by atoms with Crippen LogP contribution < -0.4 is 0 Å². The third-order valence-electron chi connectivity index (χ3n) is 2.96. The topological polar surface area (TPSA) is 91.2 Å². The summed E-state index contributed by atoms with van der Waals surface area (Å²) in [5, 5.41) is 21.8. The summed E-state index contributed by atoms with van der Waals surface area (Å²) in [5.74, 6) is 0.522. The van der Waals surface area contributed by atoms with E-state index in [0.29, 0.717) is 11.4 Å². The van der Waals surface area contributed by atoms with Gasteiger partial charge in [0.2, 0.25) is 0 Å². The van der Waals surface area contributed by atoms with E-state index in [1.165, 1.54) is 11.0 Å². The van der Waals surface area contributed by atoms with Crippen molar-refractivity contribution in [1.29, 1.82) is 10.5 Å². The Morgan fingerprint density at radius 3 is 2.83 bits per heavy atom. The minimum Gasteiger partial charge on any atom is -0.232 e. The molecule has 0 bridgehead atoms. The molecule has 86 valence electrons. The van der Waals surface area contributed by atoms with E-state index in [0.717, 1.165) is 30.5 Å². The Hall–Kier alpha value is -2.73. The van der Waals surface area contributed by atoms with E-state index in [1.807, 2.05) is 12.1 Å². The first-order valence-electron chi connectivity index (χ1n) is 5.57. The van der Waals surface area contributed by atoms with Crippen LogP contribution in [0.5, 0.6) is 0 Å². The lowest BCUT2D eigenvalue weighted by atomic mass is 10.1.